The standard InChI is InChI=1S/C11H15ClN6O2/c1-8(2)5-15-17(11(13)16-18(19)20)7-9-3-4-10(12)14-6-9/h3-6,8H,7H2,1-2H3,(H2,13,16)/b15-5+. The fraction of sp³-hybridized carbons (Fsp3) is 0.364. The molecular weight excluding hydrogens is 284 g/mol. The van der Waals surface area contributed by atoms with Crippen LogP contribution in [-0.4, -0.2) is 27.2 Å². The van der Waals surface area contributed by atoms with Crippen molar-refractivity contribution in [2.24, 2.45) is 21.9 Å². The highest BCUT2D eigenvalue weighted by molar-refractivity contribution is 6.29. The molecule has 0 atom stereocenters. The third-order valence-electron chi connectivity index (χ3n) is 2.07. The molecule has 8 nitrogen and oxygen atoms in total. The number of rotatable bonds is 5. The van der Waals surface area contributed by atoms with E-state index in [2.05, 4.69) is 15.2 Å². The molecule has 0 saturated heterocycles. The van der Waals surface area contributed by atoms with Crippen molar-refractivity contribution < 1.29 is 5.03 Å². The number of halogens is 1. The Hall–Kier alpha value is -2.22. The van der Waals surface area contributed by atoms with Crippen LogP contribution in [0.1, 0.15) is 19.4 Å². The van der Waals surface area contributed by atoms with Gasteiger partial charge in [0.05, 0.1) is 6.54 Å². The first-order valence-electron chi connectivity index (χ1n) is 5.79. The quantitative estimate of drug-likeness (QED) is 0.292. The number of nitrogens with two attached hydrogens (primary N) is 1. The minimum atomic E-state index is -0.868. The average Bonchev–Trinajstić information content (AvgIpc) is 2.35. The largest absolute Gasteiger partial charge is 0.363 e. The smallest absolute Gasteiger partial charge is 0.289 e. The van der Waals surface area contributed by atoms with E-state index in [1.807, 2.05) is 13.8 Å². The number of pyridine rings is 1. The van der Waals surface area contributed by atoms with E-state index >= 15 is 0 Å². The van der Waals surface area contributed by atoms with Gasteiger partial charge in [0.1, 0.15) is 10.3 Å². The summed E-state index contributed by atoms with van der Waals surface area (Å²) in [6.07, 6.45) is 3.16. The van der Waals surface area contributed by atoms with E-state index < -0.39 is 5.03 Å². The topological polar surface area (TPSA) is 110 Å². The predicted octanol–water partition coefficient (Wildman–Crippen LogP) is 1.69. The fourth-order valence-electron chi connectivity index (χ4n) is 1.20. The lowest BCUT2D eigenvalue weighted by Gasteiger charge is -2.16. The lowest BCUT2D eigenvalue weighted by molar-refractivity contribution is -0.485. The summed E-state index contributed by atoms with van der Waals surface area (Å²) < 4.78 is 0. The van der Waals surface area contributed by atoms with Crippen LogP contribution in [0.2, 0.25) is 5.15 Å². The third-order valence-corrected chi connectivity index (χ3v) is 2.30. The summed E-state index contributed by atoms with van der Waals surface area (Å²) in [6, 6.07) is 3.34. The number of hydrogen-bond acceptors (Lipinski definition) is 4. The summed E-state index contributed by atoms with van der Waals surface area (Å²) in [6.45, 7) is 4.05. The average molecular weight is 299 g/mol. The molecule has 0 fully saturated rings. The normalized spacial score (nSPS) is 12.1. The Morgan fingerprint density at radius 1 is 1.65 bits per heavy atom. The van der Waals surface area contributed by atoms with E-state index in [0.717, 1.165) is 5.56 Å². The van der Waals surface area contributed by atoms with Crippen LogP contribution in [0, 0.1) is 16.0 Å². The number of nitro groups is 1. The van der Waals surface area contributed by atoms with E-state index in [1.54, 1.807) is 24.5 Å². The first kappa shape index (κ1) is 15.8. The summed E-state index contributed by atoms with van der Waals surface area (Å²) in [7, 11) is 0. The Morgan fingerprint density at radius 3 is 2.85 bits per heavy atom. The van der Waals surface area contributed by atoms with Crippen LogP contribution < -0.4 is 5.73 Å². The van der Waals surface area contributed by atoms with Gasteiger partial charge in [-0.25, -0.2) is 20.1 Å². The Morgan fingerprint density at radius 2 is 2.35 bits per heavy atom. The van der Waals surface area contributed by atoms with Crippen molar-refractivity contribution in [3.63, 3.8) is 0 Å². The minimum absolute atomic E-state index is 0.171. The molecule has 0 amide bonds. The Bertz CT molecular complexity index is 514. The Labute approximate surface area is 121 Å². The predicted molar refractivity (Wildman–Crippen MR) is 76.7 cm³/mol. The molecule has 0 radical (unpaired) electrons. The summed E-state index contributed by atoms with van der Waals surface area (Å²) >= 11 is 5.69. The molecule has 1 rings (SSSR count). The van der Waals surface area contributed by atoms with Crippen molar-refractivity contribution in [2.75, 3.05) is 0 Å². The first-order chi connectivity index (χ1) is 9.38. The number of hydrogen-bond donors (Lipinski definition) is 1. The molecule has 20 heavy (non-hydrogen) atoms. The molecule has 0 spiro atoms. The van der Waals surface area contributed by atoms with Gasteiger partial charge in [-0.2, -0.15) is 5.10 Å². The number of aromatic nitrogens is 1. The van der Waals surface area contributed by atoms with E-state index in [4.69, 9.17) is 17.3 Å². The SMILES string of the molecule is CC(C)/C=N/N(Cc1ccc(Cl)nc1)/C(N)=N/[N+](=O)[O-]. The molecule has 0 aliphatic rings. The summed E-state index contributed by atoms with van der Waals surface area (Å²) in [5, 5.41) is 18.2. The van der Waals surface area contributed by atoms with Gasteiger partial charge in [-0.15, -0.1) is 0 Å². The van der Waals surface area contributed by atoms with Crippen LogP contribution in [0.15, 0.2) is 28.5 Å². The highest BCUT2D eigenvalue weighted by atomic mass is 35.5. The lowest BCUT2D eigenvalue weighted by atomic mass is 10.2. The van der Waals surface area contributed by atoms with E-state index in [1.165, 1.54) is 5.01 Å². The zero-order chi connectivity index (χ0) is 15.1. The van der Waals surface area contributed by atoms with Crippen molar-refractivity contribution in [1.82, 2.24) is 9.99 Å². The van der Waals surface area contributed by atoms with Gasteiger partial charge in [0.2, 0.25) is 0 Å². The van der Waals surface area contributed by atoms with Crippen molar-refractivity contribution in [1.29, 1.82) is 0 Å². The second-order valence-electron chi connectivity index (χ2n) is 4.25. The molecule has 0 saturated carbocycles. The minimum Gasteiger partial charge on any atom is -0.363 e. The maximum atomic E-state index is 10.4. The molecule has 2 N–H and O–H groups in total. The van der Waals surface area contributed by atoms with Gasteiger partial charge in [0, 0.05) is 12.4 Å². The molecule has 108 valence electrons. The highest BCUT2D eigenvalue weighted by Gasteiger charge is 2.11. The Balaban J connectivity index is 2.92. The Kier molecular flexibility index (Phi) is 5.85. The molecule has 0 aliphatic carbocycles. The van der Waals surface area contributed by atoms with Crippen LogP contribution in [0.5, 0.6) is 0 Å². The third kappa shape index (κ3) is 5.61. The summed E-state index contributed by atoms with van der Waals surface area (Å²) in [5.74, 6) is -0.133. The van der Waals surface area contributed by atoms with E-state index in [-0.39, 0.29) is 18.4 Å². The fourth-order valence-corrected chi connectivity index (χ4v) is 1.31. The molecule has 0 unspecified atom stereocenters. The zero-order valence-corrected chi connectivity index (χ0v) is 11.9. The van der Waals surface area contributed by atoms with Crippen molar-refractivity contribution in [3.8, 4) is 0 Å². The zero-order valence-electron chi connectivity index (χ0n) is 11.1. The van der Waals surface area contributed by atoms with Crippen LogP contribution in [-0.2, 0) is 6.54 Å². The molecule has 9 heteroatoms. The van der Waals surface area contributed by atoms with E-state index in [9.17, 15) is 10.1 Å². The van der Waals surface area contributed by atoms with Gasteiger partial charge in [-0.05, 0) is 17.5 Å². The summed E-state index contributed by atoms with van der Waals surface area (Å²) in [4.78, 5) is 14.3. The van der Waals surface area contributed by atoms with Gasteiger partial charge in [-0.3, -0.25) is 0 Å². The molecule has 1 aromatic rings. The molecule has 0 aliphatic heterocycles. The molecule has 0 bridgehead atoms. The van der Waals surface area contributed by atoms with Gasteiger partial charge in [0.25, 0.3) is 5.96 Å². The van der Waals surface area contributed by atoms with E-state index in [0.29, 0.717) is 5.15 Å². The maximum absolute atomic E-state index is 10.4. The first-order valence-corrected chi connectivity index (χ1v) is 6.17. The van der Waals surface area contributed by atoms with Crippen molar-refractivity contribution >= 4 is 23.8 Å². The second-order valence-corrected chi connectivity index (χ2v) is 4.64. The van der Waals surface area contributed by atoms with Gasteiger partial charge in [-0.1, -0.05) is 31.5 Å². The number of nitrogens with zero attached hydrogens (tertiary/aromatic N) is 5. The molecular formula is C11H15ClN6O2. The van der Waals surface area contributed by atoms with Crippen molar-refractivity contribution in [2.45, 2.75) is 20.4 Å². The van der Waals surface area contributed by atoms with Crippen LogP contribution >= 0.6 is 11.6 Å². The highest BCUT2D eigenvalue weighted by Crippen LogP contribution is 2.08. The summed E-state index contributed by atoms with van der Waals surface area (Å²) in [5.41, 5.74) is 6.30. The van der Waals surface area contributed by atoms with Crippen molar-refractivity contribution in [3.05, 3.63) is 39.2 Å². The maximum Gasteiger partial charge on any atom is 0.289 e. The second kappa shape index (κ2) is 7.39. The van der Waals surface area contributed by atoms with Gasteiger partial charge >= 0.3 is 0 Å². The molecule has 0 aromatic carbocycles. The van der Waals surface area contributed by atoms with Gasteiger partial charge in [0.15, 0.2) is 5.03 Å². The monoisotopic (exact) mass is 298 g/mol. The van der Waals surface area contributed by atoms with Gasteiger partial charge < -0.3 is 5.73 Å². The number of hydrazone groups is 2. The number of guanidine groups is 1. The molecule has 1 heterocycles. The molecule has 1 aromatic heterocycles. The van der Waals surface area contributed by atoms with Crippen LogP contribution in [0.3, 0.4) is 0 Å². The lowest BCUT2D eigenvalue weighted by Crippen LogP contribution is -2.34. The van der Waals surface area contributed by atoms with Crippen LogP contribution in [0.4, 0.5) is 0 Å². The van der Waals surface area contributed by atoms with Crippen LogP contribution in [0.25, 0.3) is 0 Å².